The summed E-state index contributed by atoms with van der Waals surface area (Å²) in [4.78, 5) is 38.1. The highest BCUT2D eigenvalue weighted by molar-refractivity contribution is 5.71. The lowest BCUT2D eigenvalue weighted by molar-refractivity contribution is -0.167. The van der Waals surface area contributed by atoms with Crippen molar-refractivity contribution in [1.29, 1.82) is 0 Å². The van der Waals surface area contributed by atoms with Gasteiger partial charge in [0.05, 0.1) is 0 Å². The van der Waals surface area contributed by atoms with Crippen LogP contribution in [0.1, 0.15) is 324 Å². The fourth-order valence-electron chi connectivity index (χ4n) is 8.87. The summed E-state index contributed by atoms with van der Waals surface area (Å²) in [6.07, 6.45) is 53.8. The molecule has 0 aliphatic rings. The van der Waals surface area contributed by atoms with Crippen LogP contribution in [0.2, 0.25) is 0 Å². The van der Waals surface area contributed by atoms with Crippen molar-refractivity contribution in [2.24, 2.45) is 11.8 Å². The summed E-state index contributed by atoms with van der Waals surface area (Å²) in [5.41, 5.74) is 0. The summed E-state index contributed by atoms with van der Waals surface area (Å²) in [5.74, 6) is 0.819. The molecule has 0 spiro atoms. The molecular weight excluding hydrogens is 793 g/mol. The first kappa shape index (κ1) is 62.4. The van der Waals surface area contributed by atoms with Crippen LogP contribution in [0.5, 0.6) is 0 Å². The minimum atomic E-state index is -0.763. The summed E-state index contributed by atoms with van der Waals surface area (Å²) in [5, 5.41) is 0. The van der Waals surface area contributed by atoms with E-state index < -0.39 is 6.10 Å². The Morgan fingerprint density at radius 3 is 0.766 bits per heavy atom. The second-order valence-electron chi connectivity index (χ2n) is 20.9. The quantitative estimate of drug-likeness (QED) is 0.0344. The van der Waals surface area contributed by atoms with Crippen LogP contribution >= 0.6 is 0 Å². The van der Waals surface area contributed by atoms with Crippen molar-refractivity contribution < 1.29 is 28.6 Å². The van der Waals surface area contributed by atoms with Gasteiger partial charge in [-0.3, -0.25) is 14.4 Å². The van der Waals surface area contributed by atoms with Gasteiger partial charge in [0, 0.05) is 19.3 Å². The molecule has 0 aliphatic carbocycles. The molecule has 64 heavy (non-hydrogen) atoms. The maximum atomic E-state index is 12.8. The molecule has 0 aliphatic heterocycles. The van der Waals surface area contributed by atoms with Gasteiger partial charge in [-0.1, -0.05) is 285 Å². The van der Waals surface area contributed by atoms with Gasteiger partial charge >= 0.3 is 17.9 Å². The number of carbonyl (C=O) groups is 3. The van der Waals surface area contributed by atoms with Crippen molar-refractivity contribution in [3.05, 3.63) is 0 Å². The van der Waals surface area contributed by atoms with Crippen LogP contribution in [-0.2, 0) is 28.6 Å². The van der Waals surface area contributed by atoms with Crippen LogP contribution in [0, 0.1) is 11.8 Å². The molecule has 0 saturated carbocycles. The molecular formula is C58H112O6. The van der Waals surface area contributed by atoms with Crippen molar-refractivity contribution in [3.63, 3.8) is 0 Å². The van der Waals surface area contributed by atoms with Crippen LogP contribution in [0.15, 0.2) is 0 Å². The number of ether oxygens (including phenoxy) is 3. The van der Waals surface area contributed by atoms with Crippen molar-refractivity contribution in [2.45, 2.75) is 330 Å². The van der Waals surface area contributed by atoms with Gasteiger partial charge in [-0.15, -0.1) is 0 Å². The molecule has 0 amide bonds. The molecule has 0 fully saturated rings. The number of unbranched alkanes of at least 4 members (excludes halogenated alkanes) is 37. The van der Waals surface area contributed by atoms with E-state index in [4.69, 9.17) is 14.2 Å². The van der Waals surface area contributed by atoms with Gasteiger partial charge in [-0.2, -0.15) is 0 Å². The highest BCUT2D eigenvalue weighted by Crippen LogP contribution is 2.18. The molecule has 0 heterocycles. The Kier molecular flexibility index (Phi) is 49.6. The van der Waals surface area contributed by atoms with E-state index in [2.05, 4.69) is 34.6 Å². The van der Waals surface area contributed by atoms with Gasteiger partial charge in [-0.25, -0.2) is 0 Å². The van der Waals surface area contributed by atoms with Gasteiger partial charge < -0.3 is 14.2 Å². The third-order valence-corrected chi connectivity index (χ3v) is 13.2. The van der Waals surface area contributed by atoms with E-state index in [1.807, 2.05) is 0 Å². The number of hydrogen-bond donors (Lipinski definition) is 0. The normalized spacial score (nSPS) is 12.0. The van der Waals surface area contributed by atoms with E-state index >= 15 is 0 Å². The van der Waals surface area contributed by atoms with Gasteiger partial charge in [0.1, 0.15) is 13.2 Å². The number of carbonyl (C=O) groups excluding carboxylic acids is 3. The Hall–Kier alpha value is -1.59. The molecule has 0 unspecified atom stereocenters. The van der Waals surface area contributed by atoms with E-state index in [0.29, 0.717) is 19.3 Å². The van der Waals surface area contributed by atoms with E-state index in [0.717, 1.165) is 69.6 Å². The predicted octanol–water partition coefficient (Wildman–Crippen LogP) is 18.9. The lowest BCUT2D eigenvalue weighted by Crippen LogP contribution is -2.30. The maximum absolute atomic E-state index is 12.8. The molecule has 6 heteroatoms. The summed E-state index contributed by atoms with van der Waals surface area (Å²) < 4.78 is 16.9. The highest BCUT2D eigenvalue weighted by Gasteiger charge is 2.19. The molecule has 0 aromatic carbocycles. The molecule has 0 N–H and O–H groups in total. The Bertz CT molecular complexity index is 978. The number of hydrogen-bond acceptors (Lipinski definition) is 6. The predicted molar refractivity (Wildman–Crippen MR) is 275 cm³/mol. The zero-order chi connectivity index (χ0) is 46.8. The first-order valence-electron chi connectivity index (χ1n) is 28.7. The zero-order valence-electron chi connectivity index (χ0n) is 43.9. The van der Waals surface area contributed by atoms with Crippen molar-refractivity contribution >= 4 is 17.9 Å². The van der Waals surface area contributed by atoms with Crippen LogP contribution in [0.3, 0.4) is 0 Å². The first-order valence-corrected chi connectivity index (χ1v) is 28.7. The molecule has 0 aromatic rings. The minimum Gasteiger partial charge on any atom is -0.462 e. The molecule has 0 saturated heterocycles. The lowest BCUT2D eigenvalue weighted by Gasteiger charge is -2.18. The van der Waals surface area contributed by atoms with Gasteiger partial charge in [0.25, 0.3) is 0 Å². The molecule has 380 valence electrons. The smallest absolute Gasteiger partial charge is 0.306 e. The fourth-order valence-corrected chi connectivity index (χ4v) is 8.87. The van der Waals surface area contributed by atoms with Gasteiger partial charge in [-0.05, 0) is 31.1 Å². The zero-order valence-corrected chi connectivity index (χ0v) is 43.9. The minimum absolute atomic E-state index is 0.0628. The van der Waals surface area contributed by atoms with Crippen molar-refractivity contribution in [3.8, 4) is 0 Å². The Morgan fingerprint density at radius 1 is 0.297 bits per heavy atom. The van der Waals surface area contributed by atoms with E-state index in [9.17, 15) is 14.4 Å². The first-order chi connectivity index (χ1) is 31.2. The van der Waals surface area contributed by atoms with Crippen LogP contribution in [0.25, 0.3) is 0 Å². The topological polar surface area (TPSA) is 78.9 Å². The van der Waals surface area contributed by atoms with Gasteiger partial charge in [0.15, 0.2) is 6.10 Å². The maximum Gasteiger partial charge on any atom is 0.306 e. The fraction of sp³-hybridized carbons (Fsp3) is 0.948. The van der Waals surface area contributed by atoms with E-state index in [-0.39, 0.29) is 31.1 Å². The van der Waals surface area contributed by atoms with Crippen molar-refractivity contribution in [1.82, 2.24) is 0 Å². The Morgan fingerprint density at radius 2 is 0.516 bits per heavy atom. The standard InChI is InChI=1S/C58H112O6/c1-6-7-8-9-10-11-12-13-14-15-16-17-23-28-33-38-43-48-56(59)62-51-55(52-63-57(60)49-44-39-34-29-25-20-22-27-32-37-42-47-54(4)5)64-58(61)50-45-40-35-30-24-19-18-21-26-31-36-41-46-53(2)3/h53-55H,6-52H2,1-5H3/t55-/m0/s1. The number of rotatable bonds is 52. The summed E-state index contributed by atoms with van der Waals surface area (Å²) >= 11 is 0. The monoisotopic (exact) mass is 905 g/mol. The van der Waals surface area contributed by atoms with Gasteiger partial charge in [0.2, 0.25) is 0 Å². The SMILES string of the molecule is CCCCCCCCCCCCCCCCCCCC(=O)OC[C@@H](COC(=O)CCCCCCCCCCCCCC(C)C)OC(=O)CCCCCCCCCCCCCCC(C)C. The summed E-state index contributed by atoms with van der Waals surface area (Å²) in [6.45, 7) is 11.4. The molecule has 1 atom stereocenters. The summed E-state index contributed by atoms with van der Waals surface area (Å²) in [7, 11) is 0. The average Bonchev–Trinajstić information content (AvgIpc) is 3.27. The average molecular weight is 906 g/mol. The van der Waals surface area contributed by atoms with E-state index in [1.54, 1.807) is 0 Å². The molecule has 0 rings (SSSR count). The van der Waals surface area contributed by atoms with Crippen LogP contribution in [-0.4, -0.2) is 37.2 Å². The second kappa shape index (κ2) is 50.8. The second-order valence-corrected chi connectivity index (χ2v) is 20.9. The van der Waals surface area contributed by atoms with Crippen LogP contribution < -0.4 is 0 Å². The van der Waals surface area contributed by atoms with Crippen molar-refractivity contribution in [2.75, 3.05) is 13.2 Å². The Balaban J connectivity index is 4.30. The van der Waals surface area contributed by atoms with Crippen LogP contribution in [0.4, 0.5) is 0 Å². The third-order valence-electron chi connectivity index (χ3n) is 13.2. The molecule has 0 radical (unpaired) electrons. The molecule has 0 aromatic heterocycles. The van der Waals surface area contributed by atoms with E-state index in [1.165, 1.54) is 212 Å². The molecule has 6 nitrogen and oxygen atoms in total. The summed E-state index contributed by atoms with van der Waals surface area (Å²) in [6, 6.07) is 0. The lowest BCUT2D eigenvalue weighted by atomic mass is 10.0. The molecule has 0 bridgehead atoms. The largest absolute Gasteiger partial charge is 0.462 e. The Labute approximate surface area is 399 Å². The third kappa shape index (κ3) is 51.4. The number of esters is 3. The highest BCUT2D eigenvalue weighted by atomic mass is 16.6.